The summed E-state index contributed by atoms with van der Waals surface area (Å²) in [5, 5.41) is 13.3. The molecule has 1 N–H and O–H groups in total. The van der Waals surface area contributed by atoms with Crippen LogP contribution in [-0.2, 0) is 14.8 Å². The first-order valence-electron chi connectivity index (χ1n) is 8.43. The van der Waals surface area contributed by atoms with Crippen molar-refractivity contribution < 1.29 is 18.1 Å². The molecule has 1 amide bonds. The molecule has 0 aromatic heterocycles. The molecule has 148 valence electrons. The summed E-state index contributed by atoms with van der Waals surface area (Å²) in [6.45, 7) is 3.56. The van der Waals surface area contributed by atoms with Crippen LogP contribution in [0.2, 0.25) is 0 Å². The average Bonchev–Trinajstić information content (AvgIpc) is 2.66. The number of nitrogens with zero attached hydrogens (tertiary/aromatic N) is 2. The van der Waals surface area contributed by atoms with E-state index in [-0.39, 0.29) is 16.6 Å². The maximum atomic E-state index is 12.4. The summed E-state index contributed by atoms with van der Waals surface area (Å²) >= 11 is 0. The van der Waals surface area contributed by atoms with Crippen molar-refractivity contribution in [3.05, 3.63) is 70.3 Å². The summed E-state index contributed by atoms with van der Waals surface area (Å²) in [4.78, 5) is 22.3. The van der Waals surface area contributed by atoms with E-state index in [2.05, 4.69) is 5.32 Å². The molecule has 0 unspecified atom stereocenters. The number of carbonyl (C=O) groups excluding carboxylic acids is 1. The van der Waals surface area contributed by atoms with Crippen molar-refractivity contribution in [3.63, 3.8) is 0 Å². The Kier molecular flexibility index (Phi) is 6.66. The number of non-ortho nitro benzene ring substituents is 1. The number of sulfonamides is 1. The molecule has 0 radical (unpaired) electrons. The highest BCUT2D eigenvalue weighted by Crippen LogP contribution is 2.19. The molecular formula is C19H21N3O5S. The van der Waals surface area contributed by atoms with Crippen molar-refractivity contribution in [1.29, 1.82) is 0 Å². The zero-order valence-corrected chi connectivity index (χ0v) is 16.5. The molecule has 8 nitrogen and oxygen atoms in total. The Labute approximate surface area is 163 Å². The minimum atomic E-state index is -3.58. The predicted octanol–water partition coefficient (Wildman–Crippen LogP) is 3.28. The topological polar surface area (TPSA) is 110 Å². The van der Waals surface area contributed by atoms with Crippen molar-refractivity contribution in [2.24, 2.45) is 0 Å². The normalized spacial score (nSPS) is 11.9. The van der Waals surface area contributed by atoms with Gasteiger partial charge < -0.3 is 5.32 Å². The summed E-state index contributed by atoms with van der Waals surface area (Å²) in [6.07, 6.45) is 2.81. The van der Waals surface area contributed by atoms with Gasteiger partial charge >= 0.3 is 0 Å². The van der Waals surface area contributed by atoms with Gasteiger partial charge in [0.15, 0.2) is 0 Å². The smallest absolute Gasteiger partial charge is 0.269 e. The Morgan fingerprint density at radius 2 is 1.68 bits per heavy atom. The third-order valence-electron chi connectivity index (χ3n) is 4.06. The van der Waals surface area contributed by atoms with E-state index in [1.807, 2.05) is 0 Å². The third-order valence-corrected chi connectivity index (χ3v) is 6.10. The van der Waals surface area contributed by atoms with Crippen molar-refractivity contribution >= 4 is 33.4 Å². The molecule has 0 bridgehead atoms. The number of nitrogens with one attached hydrogen (secondary N) is 1. The number of hydrogen-bond donors (Lipinski definition) is 1. The Balaban J connectivity index is 2.03. The largest absolute Gasteiger partial charge is 0.323 e. The van der Waals surface area contributed by atoms with Gasteiger partial charge in [0.1, 0.15) is 0 Å². The van der Waals surface area contributed by atoms with Crippen molar-refractivity contribution in [2.75, 3.05) is 12.4 Å². The second kappa shape index (κ2) is 8.77. The molecule has 9 heteroatoms. The van der Waals surface area contributed by atoms with Crippen LogP contribution in [0.3, 0.4) is 0 Å². The SMILES string of the molecule is CC(C)N(C)S(=O)(=O)c1ccc(NC(=O)/C=C/c2ccc([N+](=O)[O-])cc2)cc1. The zero-order valence-electron chi connectivity index (χ0n) is 15.7. The van der Waals surface area contributed by atoms with Crippen LogP contribution in [0.5, 0.6) is 0 Å². The molecule has 0 aliphatic carbocycles. The second-order valence-electron chi connectivity index (χ2n) is 6.31. The molecule has 0 saturated heterocycles. The molecule has 0 atom stereocenters. The number of benzene rings is 2. The first-order chi connectivity index (χ1) is 13.1. The van der Waals surface area contributed by atoms with E-state index in [4.69, 9.17) is 0 Å². The molecular weight excluding hydrogens is 382 g/mol. The first kappa shape index (κ1) is 21.3. The maximum Gasteiger partial charge on any atom is 0.269 e. The molecule has 0 heterocycles. The van der Waals surface area contributed by atoms with Gasteiger partial charge in [-0.1, -0.05) is 0 Å². The second-order valence-corrected chi connectivity index (χ2v) is 8.31. The van der Waals surface area contributed by atoms with E-state index in [9.17, 15) is 23.3 Å². The molecule has 0 aliphatic rings. The highest BCUT2D eigenvalue weighted by atomic mass is 32.2. The lowest BCUT2D eigenvalue weighted by atomic mass is 10.2. The molecule has 0 spiro atoms. The van der Waals surface area contributed by atoms with E-state index in [1.165, 1.54) is 72.0 Å². The standard InChI is InChI=1S/C19H21N3O5S/c1-14(2)21(3)28(26,27)18-11-7-16(8-12-18)20-19(23)13-6-15-4-9-17(10-5-15)22(24)25/h4-14H,1-3H3,(H,20,23)/b13-6+. The van der Waals surface area contributed by atoms with Gasteiger partial charge in [-0.3, -0.25) is 14.9 Å². The van der Waals surface area contributed by atoms with Crippen LogP contribution >= 0.6 is 0 Å². The fourth-order valence-corrected chi connectivity index (χ4v) is 3.58. The lowest BCUT2D eigenvalue weighted by molar-refractivity contribution is -0.384. The van der Waals surface area contributed by atoms with E-state index in [0.717, 1.165) is 0 Å². The van der Waals surface area contributed by atoms with Crippen LogP contribution in [0.15, 0.2) is 59.5 Å². The van der Waals surface area contributed by atoms with Crippen LogP contribution in [-0.4, -0.2) is 36.6 Å². The van der Waals surface area contributed by atoms with Crippen LogP contribution in [0.1, 0.15) is 19.4 Å². The van der Waals surface area contributed by atoms with E-state index >= 15 is 0 Å². The fourth-order valence-electron chi connectivity index (χ4n) is 2.22. The van der Waals surface area contributed by atoms with Crippen molar-refractivity contribution in [1.82, 2.24) is 4.31 Å². The quantitative estimate of drug-likeness (QED) is 0.433. The number of amides is 1. The van der Waals surface area contributed by atoms with Gasteiger partial charge in [0.2, 0.25) is 15.9 Å². The van der Waals surface area contributed by atoms with Gasteiger partial charge in [0, 0.05) is 37.0 Å². The van der Waals surface area contributed by atoms with Crippen molar-refractivity contribution in [2.45, 2.75) is 24.8 Å². The van der Waals surface area contributed by atoms with Gasteiger partial charge in [0.05, 0.1) is 9.82 Å². The number of rotatable bonds is 7. The minimum absolute atomic E-state index is 0.0280. The van der Waals surface area contributed by atoms with Gasteiger partial charge in [-0.05, 0) is 61.9 Å². The summed E-state index contributed by atoms with van der Waals surface area (Å²) < 4.78 is 26.1. The van der Waals surface area contributed by atoms with Gasteiger partial charge in [-0.2, -0.15) is 4.31 Å². The zero-order chi connectivity index (χ0) is 20.9. The molecule has 0 aliphatic heterocycles. The fraction of sp³-hybridized carbons (Fsp3) is 0.211. The number of carbonyl (C=O) groups is 1. The van der Waals surface area contributed by atoms with Crippen molar-refractivity contribution in [3.8, 4) is 0 Å². The van der Waals surface area contributed by atoms with Gasteiger partial charge in [0.25, 0.3) is 5.69 Å². The highest BCUT2D eigenvalue weighted by molar-refractivity contribution is 7.89. The van der Waals surface area contributed by atoms with E-state index in [1.54, 1.807) is 13.8 Å². The van der Waals surface area contributed by atoms with E-state index < -0.39 is 20.9 Å². The van der Waals surface area contributed by atoms with Gasteiger partial charge in [-0.25, -0.2) is 8.42 Å². The van der Waals surface area contributed by atoms with Gasteiger partial charge in [-0.15, -0.1) is 0 Å². The molecule has 0 fully saturated rings. The lowest BCUT2D eigenvalue weighted by Crippen LogP contribution is -2.33. The van der Waals surface area contributed by atoms with Crippen LogP contribution in [0.25, 0.3) is 6.08 Å². The molecule has 2 aromatic rings. The minimum Gasteiger partial charge on any atom is -0.323 e. The highest BCUT2D eigenvalue weighted by Gasteiger charge is 2.22. The lowest BCUT2D eigenvalue weighted by Gasteiger charge is -2.21. The summed E-state index contributed by atoms with van der Waals surface area (Å²) in [6, 6.07) is 11.5. The molecule has 2 rings (SSSR count). The average molecular weight is 403 g/mol. The van der Waals surface area contributed by atoms with Crippen LogP contribution in [0, 0.1) is 10.1 Å². The monoisotopic (exact) mass is 403 g/mol. The summed E-state index contributed by atoms with van der Waals surface area (Å²) in [5.41, 5.74) is 1.06. The molecule has 0 saturated carbocycles. The Bertz CT molecular complexity index is 981. The number of hydrogen-bond acceptors (Lipinski definition) is 5. The Morgan fingerprint density at radius 1 is 1.11 bits per heavy atom. The Hall–Kier alpha value is -3.04. The van der Waals surface area contributed by atoms with Crippen LogP contribution in [0.4, 0.5) is 11.4 Å². The summed E-state index contributed by atoms with van der Waals surface area (Å²) in [5.74, 6) is -0.409. The third kappa shape index (κ3) is 5.24. The first-order valence-corrected chi connectivity index (χ1v) is 9.87. The van der Waals surface area contributed by atoms with Crippen LogP contribution < -0.4 is 5.32 Å². The summed E-state index contributed by atoms with van der Waals surface area (Å²) in [7, 11) is -2.07. The molecule has 28 heavy (non-hydrogen) atoms. The number of anilines is 1. The number of nitro groups is 1. The predicted molar refractivity (Wildman–Crippen MR) is 107 cm³/mol. The maximum absolute atomic E-state index is 12.4. The molecule has 2 aromatic carbocycles. The number of nitro benzene ring substituents is 1. The Morgan fingerprint density at radius 3 is 2.18 bits per heavy atom. The van der Waals surface area contributed by atoms with E-state index in [0.29, 0.717) is 11.3 Å².